The Kier molecular flexibility index (Phi) is 9.63. The number of aromatic nitrogens is 8. The number of nitrogens with zero attached hydrogens (tertiary/aromatic N) is 8. The molecule has 5 aromatic heterocycles. The maximum atomic E-state index is 13.7. The minimum absolute atomic E-state index is 0.158. The molecule has 288 valence electrons. The Balaban J connectivity index is 1.30. The van der Waals surface area contributed by atoms with Gasteiger partial charge in [-0.3, -0.25) is 39.2 Å². The van der Waals surface area contributed by atoms with Crippen LogP contribution in [0.4, 0.5) is 11.9 Å². The molecule has 56 heavy (non-hydrogen) atoms. The largest absolute Gasteiger partial charge is 0.494 e. The third kappa shape index (κ3) is 6.60. The minimum atomic E-state index is -0.684. The van der Waals surface area contributed by atoms with E-state index in [1.165, 1.54) is 19.2 Å². The van der Waals surface area contributed by atoms with Gasteiger partial charge in [-0.2, -0.15) is 10.2 Å². The second-order valence-electron chi connectivity index (χ2n) is 13.1. The molecule has 7 rings (SSSR count). The number of carbonyl (C=O) groups excluding carboxylic acids is 4. The fourth-order valence-electron chi connectivity index (χ4n) is 6.84. The second kappa shape index (κ2) is 14.5. The molecule has 0 radical (unpaired) electrons. The maximum Gasteiger partial charge on any atom is 0.276 e. The summed E-state index contributed by atoms with van der Waals surface area (Å²) in [5.74, 6) is -0.923. The zero-order valence-electron chi connectivity index (χ0n) is 31.6. The smallest absolute Gasteiger partial charge is 0.276 e. The lowest BCUT2D eigenvalue weighted by atomic mass is 10.1. The highest BCUT2D eigenvalue weighted by atomic mass is 16.5. The van der Waals surface area contributed by atoms with Crippen LogP contribution in [0.25, 0.3) is 33.0 Å². The van der Waals surface area contributed by atoms with Gasteiger partial charge in [0, 0.05) is 37.1 Å². The molecule has 7 aromatic rings. The van der Waals surface area contributed by atoms with E-state index in [1.807, 2.05) is 26.0 Å². The number of nitrogens with two attached hydrogens (primary N) is 2. The number of allylic oxidation sites excluding steroid dienone is 2. The molecule has 6 N–H and O–H groups in total. The molecule has 0 spiro atoms. The monoisotopic (exact) mass is 760 g/mol. The van der Waals surface area contributed by atoms with Crippen LogP contribution in [0.1, 0.15) is 72.7 Å². The SMILES string of the molecule is CCn1nc(C)cc1C(=O)Nc1nc2cc(C(N)=O)cc(OC)c2n1C/C=C/Cn1c(NC(=O)c2cc(C)nn2CC)nc2cc(C(N)=O)c3oc(C)cc3c21. The molecule has 0 aliphatic carbocycles. The standard InChI is InChI=1S/C38H40N12O6/c1-7-49-27(13-19(3)45-49)35(53)43-37-42-26-18-24(34(40)52)32-23(15-21(5)56-32)30(26)47(37)11-9-10-12-48-31-25(16-22(33(39)51)17-29(31)55-6)41-38(48)44-36(54)28-14-20(4)46-50(28)8-2/h9-10,13-18H,7-8,11-12H2,1-6H3,(H2,39,51)(H2,40,52)(H,41,44,54)(H,42,43,53)/b10-9+. The molecule has 0 aliphatic rings. The number of hydrogen-bond acceptors (Lipinski definition) is 10. The van der Waals surface area contributed by atoms with Gasteiger partial charge < -0.3 is 29.8 Å². The van der Waals surface area contributed by atoms with E-state index < -0.39 is 23.6 Å². The molecule has 0 unspecified atom stereocenters. The quantitative estimate of drug-likeness (QED) is 0.120. The highest BCUT2D eigenvalue weighted by Crippen LogP contribution is 2.34. The van der Waals surface area contributed by atoms with E-state index in [9.17, 15) is 19.2 Å². The number of nitrogens with one attached hydrogen (secondary N) is 2. The van der Waals surface area contributed by atoms with Gasteiger partial charge in [-0.1, -0.05) is 12.2 Å². The van der Waals surface area contributed by atoms with Crippen molar-refractivity contribution in [2.24, 2.45) is 11.5 Å². The average Bonchev–Trinajstić information content (AvgIpc) is 3.98. The van der Waals surface area contributed by atoms with Gasteiger partial charge in [0.2, 0.25) is 17.8 Å². The van der Waals surface area contributed by atoms with Crippen molar-refractivity contribution in [2.75, 3.05) is 17.7 Å². The van der Waals surface area contributed by atoms with Gasteiger partial charge in [-0.15, -0.1) is 0 Å². The molecule has 0 atom stereocenters. The number of rotatable bonds is 13. The number of furan rings is 1. The van der Waals surface area contributed by atoms with Crippen LogP contribution in [-0.2, 0) is 26.2 Å². The highest BCUT2D eigenvalue weighted by Gasteiger charge is 2.24. The van der Waals surface area contributed by atoms with Crippen LogP contribution in [0.2, 0.25) is 0 Å². The molecule has 0 bridgehead atoms. The number of carbonyl (C=O) groups is 4. The number of methoxy groups -OCH3 is 1. The van der Waals surface area contributed by atoms with Gasteiger partial charge in [0.1, 0.15) is 34.0 Å². The van der Waals surface area contributed by atoms with Crippen LogP contribution in [0.15, 0.2) is 53.0 Å². The number of ether oxygens (including phenoxy) is 1. The van der Waals surface area contributed by atoms with Crippen LogP contribution < -0.4 is 26.8 Å². The molecule has 0 aliphatic heterocycles. The third-order valence-electron chi connectivity index (χ3n) is 9.27. The lowest BCUT2D eigenvalue weighted by molar-refractivity contribution is 0.0992. The molecule has 0 saturated heterocycles. The lowest BCUT2D eigenvalue weighted by Crippen LogP contribution is -2.20. The highest BCUT2D eigenvalue weighted by molar-refractivity contribution is 6.14. The lowest BCUT2D eigenvalue weighted by Gasteiger charge is -2.12. The van der Waals surface area contributed by atoms with E-state index in [4.69, 9.17) is 25.6 Å². The van der Waals surface area contributed by atoms with Gasteiger partial charge in [-0.25, -0.2) is 9.97 Å². The summed E-state index contributed by atoms with van der Waals surface area (Å²) in [6.45, 7) is 10.5. The first kappa shape index (κ1) is 37.1. The Labute approximate surface area is 319 Å². The van der Waals surface area contributed by atoms with Crippen LogP contribution in [0.3, 0.4) is 0 Å². The second-order valence-corrected chi connectivity index (χ2v) is 13.1. The van der Waals surface area contributed by atoms with Crippen molar-refractivity contribution < 1.29 is 28.3 Å². The van der Waals surface area contributed by atoms with Gasteiger partial charge in [-0.05, 0) is 71.0 Å². The first-order valence-corrected chi connectivity index (χ1v) is 17.8. The minimum Gasteiger partial charge on any atom is -0.494 e. The zero-order chi connectivity index (χ0) is 40.0. The van der Waals surface area contributed by atoms with Crippen molar-refractivity contribution in [3.8, 4) is 5.75 Å². The Morgan fingerprint density at radius 1 is 0.750 bits per heavy atom. The first-order valence-electron chi connectivity index (χ1n) is 17.8. The van der Waals surface area contributed by atoms with Gasteiger partial charge in [0.05, 0.1) is 40.6 Å². The molecule has 2 aromatic carbocycles. The number of anilines is 2. The normalized spacial score (nSPS) is 11.7. The van der Waals surface area contributed by atoms with Crippen LogP contribution >= 0.6 is 0 Å². The van der Waals surface area contributed by atoms with E-state index in [-0.39, 0.29) is 36.1 Å². The van der Waals surface area contributed by atoms with E-state index in [0.29, 0.717) is 80.4 Å². The van der Waals surface area contributed by atoms with Crippen LogP contribution in [-0.4, -0.2) is 69.4 Å². The molecule has 0 fully saturated rings. The number of benzene rings is 2. The van der Waals surface area contributed by atoms with Crippen molar-refractivity contribution in [3.63, 3.8) is 0 Å². The Bertz CT molecular complexity index is 2760. The number of amides is 4. The molecule has 5 heterocycles. The van der Waals surface area contributed by atoms with E-state index >= 15 is 0 Å². The summed E-state index contributed by atoms with van der Waals surface area (Å²) in [5, 5.41) is 15.2. The molecular formula is C38H40N12O6. The third-order valence-corrected chi connectivity index (χ3v) is 9.27. The van der Waals surface area contributed by atoms with Crippen LogP contribution in [0, 0.1) is 20.8 Å². The van der Waals surface area contributed by atoms with Gasteiger partial charge >= 0.3 is 0 Å². The summed E-state index contributed by atoms with van der Waals surface area (Å²) >= 11 is 0. The van der Waals surface area contributed by atoms with Crippen molar-refractivity contribution in [2.45, 2.75) is 60.8 Å². The van der Waals surface area contributed by atoms with Gasteiger partial charge in [0.25, 0.3) is 17.7 Å². The Morgan fingerprint density at radius 2 is 1.29 bits per heavy atom. The predicted octanol–water partition coefficient (Wildman–Crippen LogP) is 4.46. The van der Waals surface area contributed by atoms with E-state index in [2.05, 4.69) is 25.8 Å². The van der Waals surface area contributed by atoms with Crippen molar-refractivity contribution in [1.29, 1.82) is 0 Å². The number of primary amides is 2. The number of hydrogen-bond donors (Lipinski definition) is 4. The predicted molar refractivity (Wildman–Crippen MR) is 208 cm³/mol. The summed E-state index contributed by atoms with van der Waals surface area (Å²) in [4.78, 5) is 61.3. The Morgan fingerprint density at radius 3 is 1.79 bits per heavy atom. The summed E-state index contributed by atoms with van der Waals surface area (Å²) in [7, 11) is 1.46. The van der Waals surface area contributed by atoms with Gasteiger partial charge in [0.15, 0.2) is 0 Å². The maximum absolute atomic E-state index is 13.7. The molecule has 0 saturated carbocycles. The average molecular weight is 761 g/mol. The summed E-state index contributed by atoms with van der Waals surface area (Å²) < 4.78 is 18.3. The molecule has 18 nitrogen and oxygen atoms in total. The summed E-state index contributed by atoms with van der Waals surface area (Å²) in [6.07, 6.45) is 3.70. The topological polar surface area (TPSA) is 238 Å². The molecular weight excluding hydrogens is 720 g/mol. The van der Waals surface area contributed by atoms with E-state index in [0.717, 1.165) is 0 Å². The first-order chi connectivity index (χ1) is 26.8. The number of aryl methyl sites for hydroxylation is 5. The summed E-state index contributed by atoms with van der Waals surface area (Å²) in [5.41, 5.74) is 16.0. The van der Waals surface area contributed by atoms with Crippen LogP contribution in [0.5, 0.6) is 5.75 Å². The zero-order valence-corrected chi connectivity index (χ0v) is 31.6. The number of imidazole rings is 2. The molecule has 4 amide bonds. The number of fused-ring (bicyclic) bond motifs is 4. The fraction of sp³-hybridized carbons (Fsp3) is 0.263. The molecule has 18 heteroatoms. The van der Waals surface area contributed by atoms with Crippen molar-refractivity contribution in [1.82, 2.24) is 38.7 Å². The summed E-state index contributed by atoms with van der Waals surface area (Å²) in [6, 6.07) is 9.77. The Hall–Kier alpha value is -7.24. The van der Waals surface area contributed by atoms with E-state index in [1.54, 1.807) is 63.5 Å². The van der Waals surface area contributed by atoms with Crippen molar-refractivity contribution in [3.05, 3.63) is 88.2 Å². The van der Waals surface area contributed by atoms with Crippen molar-refractivity contribution >= 4 is 68.6 Å². The fourth-order valence-corrected chi connectivity index (χ4v) is 6.84.